The van der Waals surface area contributed by atoms with Crippen molar-refractivity contribution in [1.29, 1.82) is 0 Å². The number of benzene rings is 1. The van der Waals surface area contributed by atoms with Gasteiger partial charge in [-0.15, -0.1) is 0 Å². The van der Waals surface area contributed by atoms with Gasteiger partial charge in [0.15, 0.2) is 0 Å². The molecular formula is C16H17N3O2. The van der Waals surface area contributed by atoms with Crippen molar-refractivity contribution in [3.63, 3.8) is 0 Å². The monoisotopic (exact) mass is 283 g/mol. The molecule has 5 nitrogen and oxygen atoms in total. The predicted molar refractivity (Wildman–Crippen MR) is 79.3 cm³/mol. The maximum atomic E-state index is 10.9. The Bertz CT molecular complexity index is 799. The van der Waals surface area contributed by atoms with Crippen LogP contribution in [0.1, 0.15) is 50.9 Å². The summed E-state index contributed by atoms with van der Waals surface area (Å²) in [7, 11) is 0. The van der Waals surface area contributed by atoms with Crippen LogP contribution in [0.2, 0.25) is 0 Å². The van der Waals surface area contributed by atoms with Crippen LogP contribution in [0.25, 0.3) is 11.0 Å². The fourth-order valence-electron chi connectivity index (χ4n) is 4.22. The molecule has 2 bridgehead atoms. The van der Waals surface area contributed by atoms with Crippen LogP contribution in [0.5, 0.6) is 0 Å². The van der Waals surface area contributed by atoms with Gasteiger partial charge in [-0.2, -0.15) is 0 Å². The van der Waals surface area contributed by atoms with E-state index < -0.39 is 0 Å². The minimum absolute atomic E-state index is 0.0654. The number of hydrogen-bond acceptors (Lipinski definition) is 4. The molecule has 1 heterocycles. The van der Waals surface area contributed by atoms with Gasteiger partial charge in [0, 0.05) is 23.5 Å². The molecule has 2 aromatic rings. The molecule has 2 aliphatic carbocycles. The molecule has 2 aliphatic rings. The highest BCUT2D eigenvalue weighted by atomic mass is 16.6. The normalized spacial score (nSPS) is 28.8. The van der Waals surface area contributed by atoms with Crippen molar-refractivity contribution < 1.29 is 4.92 Å². The van der Waals surface area contributed by atoms with Crippen LogP contribution >= 0.6 is 0 Å². The van der Waals surface area contributed by atoms with Gasteiger partial charge in [-0.3, -0.25) is 10.1 Å². The van der Waals surface area contributed by atoms with E-state index in [9.17, 15) is 10.1 Å². The van der Waals surface area contributed by atoms with E-state index in [4.69, 9.17) is 9.97 Å². The number of aromatic nitrogens is 2. The van der Waals surface area contributed by atoms with Gasteiger partial charge in [-0.05, 0) is 24.3 Å². The first-order valence-electron chi connectivity index (χ1n) is 7.31. The molecule has 0 spiro atoms. The van der Waals surface area contributed by atoms with Gasteiger partial charge in [0.1, 0.15) is 0 Å². The summed E-state index contributed by atoms with van der Waals surface area (Å²) in [5.74, 6) is 0.411. The van der Waals surface area contributed by atoms with Gasteiger partial charge >= 0.3 is 0 Å². The molecule has 0 aliphatic heterocycles. The molecule has 2 atom stereocenters. The lowest BCUT2D eigenvalue weighted by atomic mass is 9.70. The van der Waals surface area contributed by atoms with Crippen molar-refractivity contribution in [1.82, 2.24) is 9.97 Å². The lowest BCUT2D eigenvalue weighted by Gasteiger charge is -2.34. The molecule has 108 valence electrons. The van der Waals surface area contributed by atoms with Crippen LogP contribution in [-0.4, -0.2) is 14.9 Å². The maximum Gasteiger partial charge on any atom is 0.271 e. The average Bonchev–Trinajstić information content (AvgIpc) is 2.76. The molecule has 0 radical (unpaired) electrons. The van der Waals surface area contributed by atoms with Crippen LogP contribution in [-0.2, 0) is 5.41 Å². The molecule has 1 aromatic heterocycles. The van der Waals surface area contributed by atoms with Gasteiger partial charge in [0.05, 0.1) is 27.3 Å². The topological polar surface area (TPSA) is 68.9 Å². The molecule has 4 rings (SSSR count). The van der Waals surface area contributed by atoms with E-state index in [0.29, 0.717) is 11.4 Å². The average molecular weight is 283 g/mol. The number of nitrogens with zero attached hydrogens (tertiary/aromatic N) is 3. The summed E-state index contributed by atoms with van der Waals surface area (Å²) in [6.07, 6.45) is 2.27. The third-order valence-corrected chi connectivity index (χ3v) is 5.96. The summed E-state index contributed by atoms with van der Waals surface area (Å²) in [5.41, 5.74) is 3.84. The number of nitro benzene ring substituents is 1. The Morgan fingerprint density at radius 1 is 1.24 bits per heavy atom. The van der Waals surface area contributed by atoms with E-state index in [2.05, 4.69) is 20.8 Å². The second-order valence-electron chi connectivity index (χ2n) is 7.03. The minimum Gasteiger partial charge on any atom is -0.258 e. The lowest BCUT2D eigenvalue weighted by molar-refractivity contribution is -0.384. The second kappa shape index (κ2) is 3.59. The molecule has 21 heavy (non-hydrogen) atoms. The van der Waals surface area contributed by atoms with E-state index in [0.717, 1.165) is 29.7 Å². The Balaban J connectivity index is 1.99. The first kappa shape index (κ1) is 12.7. The van der Waals surface area contributed by atoms with Gasteiger partial charge < -0.3 is 0 Å². The summed E-state index contributed by atoms with van der Waals surface area (Å²) < 4.78 is 0. The van der Waals surface area contributed by atoms with E-state index in [-0.39, 0.29) is 21.4 Å². The molecule has 0 saturated heterocycles. The van der Waals surface area contributed by atoms with Crippen molar-refractivity contribution in [2.24, 2.45) is 5.41 Å². The largest absolute Gasteiger partial charge is 0.271 e. The molecule has 1 fully saturated rings. The zero-order valence-corrected chi connectivity index (χ0v) is 12.4. The highest BCUT2D eigenvalue weighted by Crippen LogP contribution is 2.66. The first-order chi connectivity index (χ1) is 9.84. The molecule has 0 N–H and O–H groups in total. The number of rotatable bonds is 1. The Morgan fingerprint density at radius 2 is 2.00 bits per heavy atom. The fourth-order valence-corrected chi connectivity index (χ4v) is 4.22. The minimum atomic E-state index is -0.383. The van der Waals surface area contributed by atoms with E-state index in [1.165, 1.54) is 12.1 Å². The van der Waals surface area contributed by atoms with Crippen LogP contribution < -0.4 is 0 Å². The van der Waals surface area contributed by atoms with Gasteiger partial charge in [-0.1, -0.05) is 20.8 Å². The summed E-state index contributed by atoms with van der Waals surface area (Å²) in [6, 6.07) is 4.75. The Labute approximate surface area is 122 Å². The Hall–Kier alpha value is -2.04. The van der Waals surface area contributed by atoms with Crippen molar-refractivity contribution in [2.45, 2.75) is 44.9 Å². The van der Waals surface area contributed by atoms with E-state index >= 15 is 0 Å². The van der Waals surface area contributed by atoms with Crippen LogP contribution in [0.15, 0.2) is 18.2 Å². The van der Waals surface area contributed by atoms with Crippen LogP contribution in [0.4, 0.5) is 5.69 Å². The van der Waals surface area contributed by atoms with E-state index in [1.54, 1.807) is 6.07 Å². The SMILES string of the molecule is CC1(C)[C@@H]2CC[C@@]1(C)c1nc3ccc([N+](=O)[O-])cc3nc12. The maximum absolute atomic E-state index is 10.9. The molecule has 1 saturated carbocycles. The Morgan fingerprint density at radius 3 is 2.71 bits per heavy atom. The fraction of sp³-hybridized carbons (Fsp3) is 0.500. The number of fused-ring (bicyclic) bond motifs is 6. The lowest BCUT2D eigenvalue weighted by Crippen LogP contribution is -2.31. The standard InChI is InChI=1S/C16H17N3O2/c1-15(2)10-6-7-16(15,3)14-13(10)17-12-8-9(19(20)21)4-5-11(12)18-14/h4-5,8,10H,6-7H2,1-3H3/t10-,16+/m1/s1. The van der Waals surface area contributed by atoms with Crippen molar-refractivity contribution in [3.8, 4) is 0 Å². The molecule has 5 heteroatoms. The number of nitro groups is 1. The quantitative estimate of drug-likeness (QED) is 0.591. The smallest absolute Gasteiger partial charge is 0.258 e. The van der Waals surface area contributed by atoms with Gasteiger partial charge in [0.2, 0.25) is 0 Å². The summed E-state index contributed by atoms with van der Waals surface area (Å²) in [4.78, 5) is 20.1. The van der Waals surface area contributed by atoms with Crippen molar-refractivity contribution in [3.05, 3.63) is 39.7 Å². The molecule has 0 unspecified atom stereocenters. The third kappa shape index (κ3) is 1.36. The summed E-state index contributed by atoms with van der Waals surface area (Å²) in [5, 5.41) is 10.9. The summed E-state index contributed by atoms with van der Waals surface area (Å²) >= 11 is 0. The predicted octanol–water partition coefficient (Wildman–Crippen LogP) is 3.71. The molecule has 0 amide bonds. The second-order valence-corrected chi connectivity index (χ2v) is 7.03. The van der Waals surface area contributed by atoms with Crippen molar-refractivity contribution in [2.75, 3.05) is 0 Å². The molecular weight excluding hydrogens is 266 g/mol. The zero-order chi connectivity index (χ0) is 15.0. The highest BCUT2D eigenvalue weighted by molar-refractivity contribution is 5.78. The van der Waals surface area contributed by atoms with Crippen molar-refractivity contribution >= 4 is 16.7 Å². The van der Waals surface area contributed by atoms with E-state index in [1.807, 2.05) is 0 Å². The third-order valence-electron chi connectivity index (χ3n) is 5.96. The highest BCUT2D eigenvalue weighted by Gasteiger charge is 2.61. The Kier molecular flexibility index (Phi) is 2.17. The van der Waals surface area contributed by atoms with Gasteiger partial charge in [0.25, 0.3) is 5.69 Å². The zero-order valence-electron chi connectivity index (χ0n) is 12.4. The number of non-ortho nitro benzene ring substituents is 1. The van der Waals surface area contributed by atoms with Gasteiger partial charge in [-0.25, -0.2) is 9.97 Å². The first-order valence-corrected chi connectivity index (χ1v) is 7.31. The number of hydrogen-bond donors (Lipinski definition) is 0. The van der Waals surface area contributed by atoms with Crippen LogP contribution in [0.3, 0.4) is 0 Å². The molecule has 1 aromatic carbocycles. The summed E-state index contributed by atoms with van der Waals surface area (Å²) in [6.45, 7) is 6.87. The van der Waals surface area contributed by atoms with Crippen LogP contribution in [0, 0.1) is 15.5 Å².